The van der Waals surface area contributed by atoms with Crippen LogP contribution in [0.1, 0.15) is 22.7 Å². The summed E-state index contributed by atoms with van der Waals surface area (Å²) in [6, 6.07) is 12.3. The number of benzene rings is 2. The van der Waals surface area contributed by atoms with E-state index in [9.17, 15) is 14.7 Å². The number of carbonyl (C=O) groups excluding carboxylic acids is 2. The summed E-state index contributed by atoms with van der Waals surface area (Å²) < 4.78 is 6.03. The summed E-state index contributed by atoms with van der Waals surface area (Å²) in [5, 5.41) is 11.1. The number of hydrogen-bond donors (Lipinski definition) is 1. The Balaban J connectivity index is 2.15. The Kier molecular flexibility index (Phi) is 6.63. The van der Waals surface area contributed by atoms with Crippen molar-refractivity contribution in [2.24, 2.45) is 0 Å². The van der Waals surface area contributed by atoms with E-state index in [0.717, 1.165) is 21.3 Å². The van der Waals surface area contributed by atoms with Gasteiger partial charge in [0.15, 0.2) is 0 Å². The first-order valence-corrected chi connectivity index (χ1v) is 10.4. The number of carbonyl (C=O) groups is 2. The number of aliphatic hydroxyl groups excluding tert-OH is 1. The number of hydrogen-bond acceptors (Lipinski definition) is 5. The van der Waals surface area contributed by atoms with Crippen LogP contribution >= 0.6 is 15.9 Å². The number of Topliss-reactive ketones (excluding diaryl/α,β-unsaturated/α-hetero) is 1. The molecule has 1 aliphatic rings. The highest BCUT2D eigenvalue weighted by molar-refractivity contribution is 9.10. The molecule has 1 heterocycles. The van der Waals surface area contributed by atoms with Crippen LogP contribution in [0.25, 0.3) is 5.76 Å². The predicted octanol–water partition coefficient (Wildman–Crippen LogP) is 3.89. The molecule has 1 amide bonds. The van der Waals surface area contributed by atoms with E-state index in [1.54, 1.807) is 19.2 Å². The Morgan fingerprint density at radius 2 is 1.83 bits per heavy atom. The molecule has 0 saturated carbocycles. The molecule has 1 saturated heterocycles. The second-order valence-corrected chi connectivity index (χ2v) is 8.29. The van der Waals surface area contributed by atoms with Crippen molar-refractivity contribution in [2.45, 2.75) is 13.0 Å². The normalized spacial score (nSPS) is 18.2. The molecule has 3 rings (SSSR count). The molecule has 1 fully saturated rings. The van der Waals surface area contributed by atoms with Crippen LogP contribution in [0.5, 0.6) is 0 Å². The van der Waals surface area contributed by atoms with Gasteiger partial charge >= 0.3 is 0 Å². The first-order valence-electron chi connectivity index (χ1n) is 9.57. The molecule has 158 valence electrons. The van der Waals surface area contributed by atoms with E-state index >= 15 is 0 Å². The number of amides is 1. The van der Waals surface area contributed by atoms with Crippen LogP contribution in [0.15, 0.2) is 52.5 Å². The molecule has 0 aromatic heterocycles. The number of likely N-dealkylation sites (tertiary alicyclic amines) is 1. The van der Waals surface area contributed by atoms with Crippen molar-refractivity contribution in [1.82, 2.24) is 4.90 Å². The first-order chi connectivity index (χ1) is 14.3. The van der Waals surface area contributed by atoms with Gasteiger partial charge in [-0.25, -0.2) is 0 Å². The lowest BCUT2D eigenvalue weighted by Crippen LogP contribution is -2.32. The molecule has 1 unspecified atom stereocenters. The number of anilines is 1. The predicted molar refractivity (Wildman–Crippen MR) is 121 cm³/mol. The van der Waals surface area contributed by atoms with Gasteiger partial charge in [-0.05, 0) is 42.3 Å². The molecule has 0 radical (unpaired) electrons. The molecule has 30 heavy (non-hydrogen) atoms. The minimum absolute atomic E-state index is 0.0930. The second kappa shape index (κ2) is 9.02. The van der Waals surface area contributed by atoms with Gasteiger partial charge in [-0.3, -0.25) is 9.59 Å². The fourth-order valence-electron chi connectivity index (χ4n) is 3.55. The van der Waals surface area contributed by atoms with Crippen molar-refractivity contribution in [1.29, 1.82) is 0 Å². The molecular formula is C23H25BrN2O4. The average molecular weight is 473 g/mol. The molecule has 0 spiro atoms. The third-order valence-electron chi connectivity index (χ3n) is 5.23. The maximum Gasteiger partial charge on any atom is 0.295 e. The summed E-state index contributed by atoms with van der Waals surface area (Å²) in [6.07, 6.45) is 0. The van der Waals surface area contributed by atoms with E-state index in [1.165, 1.54) is 4.90 Å². The maximum absolute atomic E-state index is 12.9. The molecule has 6 nitrogen and oxygen atoms in total. The van der Waals surface area contributed by atoms with Gasteiger partial charge < -0.3 is 19.6 Å². The zero-order valence-electron chi connectivity index (χ0n) is 17.5. The standard InChI is InChI=1S/C23H25BrN2O4/c1-14-13-16(7-10-18(14)24)21(27)19-20(15-5-8-17(9-6-15)25(2)3)26(11-12-30-4)23(29)22(19)28/h5-10,13,20,27H,11-12H2,1-4H3/b21-19-. The molecule has 0 aliphatic carbocycles. The van der Waals surface area contributed by atoms with E-state index in [-0.39, 0.29) is 24.5 Å². The van der Waals surface area contributed by atoms with E-state index in [2.05, 4.69) is 15.9 Å². The lowest BCUT2D eigenvalue weighted by Gasteiger charge is -2.25. The fraction of sp³-hybridized carbons (Fsp3) is 0.304. The molecule has 2 aromatic rings. The van der Waals surface area contributed by atoms with Gasteiger partial charge in [0.25, 0.3) is 11.7 Å². The van der Waals surface area contributed by atoms with Crippen LogP contribution < -0.4 is 4.90 Å². The minimum atomic E-state index is -0.689. The van der Waals surface area contributed by atoms with Crippen molar-refractivity contribution >= 4 is 39.1 Å². The van der Waals surface area contributed by atoms with Gasteiger partial charge in [-0.15, -0.1) is 0 Å². The highest BCUT2D eigenvalue weighted by Gasteiger charge is 2.45. The molecule has 1 N–H and O–H groups in total. The Hall–Kier alpha value is -2.64. The zero-order valence-corrected chi connectivity index (χ0v) is 19.1. The van der Waals surface area contributed by atoms with Crippen molar-refractivity contribution < 1.29 is 19.4 Å². The number of ether oxygens (including phenoxy) is 1. The maximum atomic E-state index is 12.9. The Labute approximate surface area is 184 Å². The Morgan fingerprint density at radius 3 is 2.40 bits per heavy atom. The molecule has 2 aromatic carbocycles. The third kappa shape index (κ3) is 4.13. The summed E-state index contributed by atoms with van der Waals surface area (Å²) in [6.45, 7) is 2.43. The number of ketones is 1. The van der Waals surface area contributed by atoms with E-state index in [4.69, 9.17) is 4.74 Å². The third-order valence-corrected chi connectivity index (χ3v) is 6.12. The summed E-state index contributed by atoms with van der Waals surface area (Å²) in [7, 11) is 5.42. The summed E-state index contributed by atoms with van der Waals surface area (Å²) in [5.74, 6) is -1.50. The Bertz CT molecular complexity index is 999. The summed E-state index contributed by atoms with van der Waals surface area (Å²) in [5.41, 5.74) is 3.26. The lowest BCUT2D eigenvalue weighted by molar-refractivity contribution is -0.140. The van der Waals surface area contributed by atoms with Gasteiger partial charge in [0.05, 0.1) is 18.2 Å². The number of aliphatic hydroxyl groups is 1. The minimum Gasteiger partial charge on any atom is -0.507 e. The quantitative estimate of drug-likeness (QED) is 0.392. The van der Waals surface area contributed by atoms with Crippen LogP contribution in [-0.2, 0) is 14.3 Å². The van der Waals surface area contributed by atoms with Crippen molar-refractivity contribution in [2.75, 3.05) is 39.3 Å². The van der Waals surface area contributed by atoms with Crippen molar-refractivity contribution in [3.63, 3.8) is 0 Å². The molecular weight excluding hydrogens is 448 g/mol. The highest BCUT2D eigenvalue weighted by Crippen LogP contribution is 2.40. The number of methoxy groups -OCH3 is 1. The molecule has 1 atom stereocenters. The van der Waals surface area contributed by atoms with E-state index in [0.29, 0.717) is 5.56 Å². The monoisotopic (exact) mass is 472 g/mol. The lowest BCUT2D eigenvalue weighted by atomic mass is 9.94. The van der Waals surface area contributed by atoms with Gasteiger partial charge in [0.2, 0.25) is 0 Å². The van der Waals surface area contributed by atoms with Crippen LogP contribution in [0.2, 0.25) is 0 Å². The van der Waals surface area contributed by atoms with E-state index < -0.39 is 17.7 Å². The van der Waals surface area contributed by atoms with Gasteiger partial charge in [-0.1, -0.05) is 34.1 Å². The second-order valence-electron chi connectivity index (χ2n) is 7.44. The molecule has 0 bridgehead atoms. The van der Waals surface area contributed by atoms with Crippen LogP contribution in [0.3, 0.4) is 0 Å². The smallest absolute Gasteiger partial charge is 0.295 e. The number of rotatable bonds is 6. The fourth-order valence-corrected chi connectivity index (χ4v) is 3.80. The number of nitrogens with zero attached hydrogens (tertiary/aromatic N) is 2. The van der Waals surface area contributed by atoms with Gasteiger partial charge in [0, 0.05) is 43.5 Å². The first kappa shape index (κ1) is 22.1. The number of halogens is 1. The summed E-state index contributed by atoms with van der Waals surface area (Å²) >= 11 is 3.44. The van der Waals surface area contributed by atoms with Gasteiger partial charge in [-0.2, -0.15) is 0 Å². The van der Waals surface area contributed by atoms with Crippen LogP contribution in [0, 0.1) is 6.92 Å². The molecule has 7 heteroatoms. The van der Waals surface area contributed by atoms with Crippen molar-refractivity contribution in [3.05, 3.63) is 69.2 Å². The highest BCUT2D eigenvalue weighted by atomic mass is 79.9. The Morgan fingerprint density at radius 1 is 1.17 bits per heavy atom. The zero-order chi connectivity index (χ0) is 22.0. The molecule has 1 aliphatic heterocycles. The average Bonchev–Trinajstić information content (AvgIpc) is 2.98. The van der Waals surface area contributed by atoms with Crippen LogP contribution in [-0.4, -0.2) is 56.1 Å². The van der Waals surface area contributed by atoms with Crippen molar-refractivity contribution in [3.8, 4) is 0 Å². The van der Waals surface area contributed by atoms with E-state index in [1.807, 2.05) is 56.3 Å². The summed E-state index contributed by atoms with van der Waals surface area (Å²) in [4.78, 5) is 29.2. The topological polar surface area (TPSA) is 70.1 Å². The SMILES string of the molecule is COCCN1C(=O)C(=O)/C(=C(\O)c2ccc(Br)c(C)c2)C1c1ccc(N(C)C)cc1. The van der Waals surface area contributed by atoms with Crippen LogP contribution in [0.4, 0.5) is 5.69 Å². The van der Waals surface area contributed by atoms with Gasteiger partial charge in [0.1, 0.15) is 5.76 Å². The number of aryl methyl sites for hydroxylation is 1. The largest absolute Gasteiger partial charge is 0.507 e.